The largest absolute Gasteiger partial charge is 0.411 e. The van der Waals surface area contributed by atoms with E-state index in [1.807, 2.05) is 0 Å². The third-order valence-corrected chi connectivity index (χ3v) is 4.60. The summed E-state index contributed by atoms with van der Waals surface area (Å²) in [7, 11) is 0. The molecule has 3 aliphatic rings. The predicted molar refractivity (Wildman–Crippen MR) is 65.4 cm³/mol. The molecule has 96 valence electrons. The molecule has 1 aliphatic heterocycles. The summed E-state index contributed by atoms with van der Waals surface area (Å²) in [5.74, 6) is 1.26. The van der Waals surface area contributed by atoms with E-state index in [2.05, 4.69) is 23.9 Å². The smallest absolute Gasteiger partial charge is 0.0775 e. The van der Waals surface area contributed by atoms with Crippen LogP contribution >= 0.6 is 0 Å². The lowest BCUT2D eigenvalue weighted by atomic mass is 9.91. The zero-order valence-electron chi connectivity index (χ0n) is 10.7. The van der Waals surface area contributed by atoms with Crippen molar-refractivity contribution in [1.82, 2.24) is 4.90 Å². The van der Waals surface area contributed by atoms with Gasteiger partial charge < -0.3 is 9.94 Å². The number of rotatable bonds is 1. The van der Waals surface area contributed by atoms with Crippen LogP contribution in [-0.2, 0) is 4.74 Å². The maximum absolute atomic E-state index is 9.25. The molecule has 2 bridgehead atoms. The number of morpholine rings is 1. The van der Waals surface area contributed by atoms with Crippen molar-refractivity contribution < 1.29 is 9.94 Å². The van der Waals surface area contributed by atoms with Gasteiger partial charge in [0.2, 0.25) is 0 Å². The molecule has 4 nitrogen and oxygen atoms in total. The fraction of sp³-hybridized carbons (Fsp3) is 0.923. The Morgan fingerprint density at radius 2 is 1.94 bits per heavy atom. The van der Waals surface area contributed by atoms with Crippen molar-refractivity contribution in [2.24, 2.45) is 17.0 Å². The summed E-state index contributed by atoms with van der Waals surface area (Å²) in [6.45, 7) is 6.20. The topological polar surface area (TPSA) is 45.1 Å². The van der Waals surface area contributed by atoms with Crippen LogP contribution in [0.5, 0.6) is 0 Å². The molecule has 17 heavy (non-hydrogen) atoms. The zero-order valence-corrected chi connectivity index (χ0v) is 10.7. The lowest BCUT2D eigenvalue weighted by Crippen LogP contribution is -2.54. The fourth-order valence-electron chi connectivity index (χ4n) is 4.13. The number of nitrogens with zero attached hydrogens (tertiary/aromatic N) is 2. The van der Waals surface area contributed by atoms with E-state index >= 15 is 0 Å². The highest BCUT2D eigenvalue weighted by Crippen LogP contribution is 2.45. The summed E-state index contributed by atoms with van der Waals surface area (Å²) in [6, 6.07) is 0.382. The van der Waals surface area contributed by atoms with Gasteiger partial charge in [0.05, 0.1) is 24.0 Å². The maximum atomic E-state index is 9.25. The first-order valence-electron chi connectivity index (χ1n) is 6.80. The van der Waals surface area contributed by atoms with E-state index < -0.39 is 0 Å². The van der Waals surface area contributed by atoms with Gasteiger partial charge >= 0.3 is 0 Å². The van der Waals surface area contributed by atoms with Crippen LogP contribution in [0.1, 0.15) is 33.1 Å². The van der Waals surface area contributed by atoms with Crippen LogP contribution in [0.2, 0.25) is 0 Å². The Morgan fingerprint density at radius 1 is 1.24 bits per heavy atom. The first kappa shape index (κ1) is 11.5. The van der Waals surface area contributed by atoms with Crippen LogP contribution in [-0.4, -0.2) is 47.2 Å². The second-order valence-corrected chi connectivity index (χ2v) is 5.95. The molecule has 0 radical (unpaired) electrons. The van der Waals surface area contributed by atoms with Gasteiger partial charge in [-0.1, -0.05) is 5.16 Å². The second kappa shape index (κ2) is 4.25. The molecule has 1 saturated heterocycles. The highest BCUT2D eigenvalue weighted by atomic mass is 16.5. The van der Waals surface area contributed by atoms with Gasteiger partial charge in [0, 0.05) is 19.0 Å². The SMILES string of the molecule is C[C@H]1CN([C@H]2/C(=N/O)[C@H]3CC[C@@H]2C3)C[C@H](C)O1. The molecule has 1 heterocycles. The molecule has 5 atom stereocenters. The molecular formula is C13H22N2O2. The summed E-state index contributed by atoms with van der Waals surface area (Å²) in [4.78, 5) is 2.48. The Hall–Kier alpha value is -0.610. The number of oxime groups is 1. The van der Waals surface area contributed by atoms with E-state index in [1.54, 1.807) is 0 Å². The molecular weight excluding hydrogens is 216 g/mol. The molecule has 0 amide bonds. The highest BCUT2D eigenvalue weighted by molar-refractivity contribution is 5.94. The van der Waals surface area contributed by atoms with Gasteiger partial charge in [0.15, 0.2) is 0 Å². The van der Waals surface area contributed by atoms with Gasteiger partial charge in [-0.25, -0.2) is 0 Å². The number of hydrogen-bond donors (Lipinski definition) is 1. The average Bonchev–Trinajstić information content (AvgIpc) is 2.86. The van der Waals surface area contributed by atoms with Crippen molar-refractivity contribution >= 4 is 5.71 Å². The first-order chi connectivity index (χ1) is 8.19. The fourth-order valence-corrected chi connectivity index (χ4v) is 4.13. The van der Waals surface area contributed by atoms with E-state index in [4.69, 9.17) is 4.74 Å². The van der Waals surface area contributed by atoms with E-state index in [-0.39, 0.29) is 12.2 Å². The van der Waals surface area contributed by atoms with Crippen molar-refractivity contribution in [3.63, 3.8) is 0 Å². The predicted octanol–water partition coefficient (Wildman–Crippen LogP) is 1.72. The number of hydrogen-bond acceptors (Lipinski definition) is 4. The molecule has 0 unspecified atom stereocenters. The average molecular weight is 238 g/mol. The Bertz CT molecular complexity index is 321. The molecule has 3 fully saturated rings. The molecule has 2 aliphatic carbocycles. The van der Waals surface area contributed by atoms with Crippen LogP contribution in [0.4, 0.5) is 0 Å². The second-order valence-electron chi connectivity index (χ2n) is 5.95. The standard InChI is InChI=1S/C13H22N2O2/c1-8-6-15(7-9(2)17-8)13-11-4-3-10(5-11)12(13)14-16/h8-11,13,16H,3-7H2,1-2H3/b14-12+/t8-,9-,10-,11+,13+/m0/s1. The minimum Gasteiger partial charge on any atom is -0.411 e. The quantitative estimate of drug-likeness (QED) is 0.559. The molecule has 3 rings (SSSR count). The summed E-state index contributed by atoms with van der Waals surface area (Å²) in [6.07, 6.45) is 4.32. The van der Waals surface area contributed by atoms with E-state index in [9.17, 15) is 5.21 Å². The maximum Gasteiger partial charge on any atom is 0.0775 e. The van der Waals surface area contributed by atoms with Crippen LogP contribution in [0.15, 0.2) is 5.16 Å². The monoisotopic (exact) mass is 238 g/mol. The molecule has 2 saturated carbocycles. The van der Waals surface area contributed by atoms with Crippen molar-refractivity contribution in [3.05, 3.63) is 0 Å². The number of fused-ring (bicyclic) bond motifs is 2. The van der Waals surface area contributed by atoms with Crippen molar-refractivity contribution in [2.45, 2.75) is 51.4 Å². The van der Waals surface area contributed by atoms with Gasteiger partial charge in [0.25, 0.3) is 0 Å². The van der Waals surface area contributed by atoms with E-state index in [0.717, 1.165) is 18.8 Å². The molecule has 0 aromatic carbocycles. The van der Waals surface area contributed by atoms with Crippen molar-refractivity contribution in [3.8, 4) is 0 Å². The Labute approximate surface area is 103 Å². The molecule has 0 aromatic heterocycles. The van der Waals surface area contributed by atoms with Crippen molar-refractivity contribution in [2.75, 3.05) is 13.1 Å². The van der Waals surface area contributed by atoms with Crippen LogP contribution in [0.25, 0.3) is 0 Å². The first-order valence-corrected chi connectivity index (χ1v) is 6.80. The normalized spacial score (nSPS) is 49.1. The van der Waals surface area contributed by atoms with Crippen molar-refractivity contribution in [1.29, 1.82) is 0 Å². The lowest BCUT2D eigenvalue weighted by Gasteiger charge is -2.41. The van der Waals surface area contributed by atoms with E-state index in [1.165, 1.54) is 19.3 Å². The Morgan fingerprint density at radius 3 is 2.59 bits per heavy atom. The van der Waals surface area contributed by atoms with Gasteiger partial charge in [-0.05, 0) is 39.0 Å². The van der Waals surface area contributed by atoms with E-state index in [0.29, 0.717) is 17.9 Å². The minimum atomic E-state index is 0.290. The van der Waals surface area contributed by atoms with Gasteiger partial charge in [-0.2, -0.15) is 0 Å². The third-order valence-electron chi connectivity index (χ3n) is 4.60. The molecule has 0 aromatic rings. The molecule has 1 N–H and O–H groups in total. The lowest BCUT2D eigenvalue weighted by molar-refractivity contribution is -0.0777. The van der Waals surface area contributed by atoms with Crippen LogP contribution in [0, 0.1) is 11.8 Å². The Kier molecular flexibility index (Phi) is 2.87. The summed E-state index contributed by atoms with van der Waals surface area (Å²) in [5.41, 5.74) is 1.04. The summed E-state index contributed by atoms with van der Waals surface area (Å²) >= 11 is 0. The van der Waals surface area contributed by atoms with Crippen LogP contribution < -0.4 is 0 Å². The van der Waals surface area contributed by atoms with Gasteiger partial charge in [-0.15, -0.1) is 0 Å². The van der Waals surface area contributed by atoms with Gasteiger partial charge in [0.1, 0.15) is 0 Å². The van der Waals surface area contributed by atoms with Gasteiger partial charge in [-0.3, -0.25) is 4.90 Å². The molecule has 0 spiro atoms. The summed E-state index contributed by atoms with van der Waals surface area (Å²) in [5, 5.41) is 12.9. The zero-order chi connectivity index (χ0) is 12.0. The third kappa shape index (κ3) is 1.87. The number of ether oxygens (including phenoxy) is 1. The highest BCUT2D eigenvalue weighted by Gasteiger charge is 2.49. The molecule has 4 heteroatoms. The Balaban J connectivity index is 1.79. The minimum absolute atomic E-state index is 0.290. The summed E-state index contributed by atoms with van der Waals surface area (Å²) < 4.78 is 5.78. The van der Waals surface area contributed by atoms with Crippen LogP contribution in [0.3, 0.4) is 0 Å².